The molecule has 0 aliphatic rings. The molecule has 0 fully saturated rings. The zero-order valence-corrected chi connectivity index (χ0v) is 7.44. The summed E-state index contributed by atoms with van der Waals surface area (Å²) in [6.07, 6.45) is 4.28. The van der Waals surface area contributed by atoms with E-state index < -0.39 is 0 Å². The summed E-state index contributed by atoms with van der Waals surface area (Å²) < 4.78 is 0. The minimum Gasteiger partial charge on any atom is -0.294 e. The second kappa shape index (κ2) is 5.94. The van der Waals surface area contributed by atoms with Gasteiger partial charge in [-0.2, -0.15) is 0 Å². The average molecular weight is 152 g/mol. The Hall–Kier alpha value is -0.810. The van der Waals surface area contributed by atoms with E-state index in [9.17, 15) is 4.79 Å². The Bertz CT molecular complexity index is 173. The molecule has 0 aliphatic heterocycles. The number of Topliss-reactive ketones (excluding diaryl/α,β-unsaturated/α-hetero) is 1. The zero-order chi connectivity index (χ0) is 8.69. The Morgan fingerprint density at radius 1 is 1.45 bits per heavy atom. The lowest BCUT2D eigenvalue weighted by molar-refractivity contribution is -0.113. The maximum atomic E-state index is 10.8. The number of allylic oxidation sites excluding steroid dienone is 1. The van der Waals surface area contributed by atoms with E-state index in [2.05, 4.69) is 19.2 Å². The third-order valence-corrected chi connectivity index (χ3v) is 1.67. The maximum absolute atomic E-state index is 10.8. The standard InChI is InChI=1S/C10H16O/c1-4-6-7-8-10(5-2)9(3)11/h2,4,6-8H2,1,3H3. The largest absolute Gasteiger partial charge is 0.294 e. The molecule has 0 radical (unpaired) electrons. The lowest BCUT2D eigenvalue weighted by Gasteiger charge is -1.98. The maximum Gasteiger partial charge on any atom is 0.163 e. The van der Waals surface area contributed by atoms with Gasteiger partial charge >= 0.3 is 0 Å². The molecule has 0 aromatic carbocycles. The van der Waals surface area contributed by atoms with Crippen molar-refractivity contribution < 1.29 is 4.79 Å². The van der Waals surface area contributed by atoms with Crippen molar-refractivity contribution in [3.8, 4) is 0 Å². The predicted octanol–water partition coefficient (Wildman–Crippen LogP) is 2.87. The SMILES string of the molecule is C=C=C(CCCCC)C(C)=O. The summed E-state index contributed by atoms with van der Waals surface area (Å²) in [5, 5.41) is 0. The van der Waals surface area contributed by atoms with Gasteiger partial charge < -0.3 is 0 Å². The fraction of sp³-hybridized carbons (Fsp3) is 0.600. The lowest BCUT2D eigenvalue weighted by Crippen LogP contribution is -1.94. The van der Waals surface area contributed by atoms with Crippen molar-refractivity contribution in [2.45, 2.75) is 39.5 Å². The van der Waals surface area contributed by atoms with Gasteiger partial charge in [0.1, 0.15) is 0 Å². The molecule has 0 aliphatic carbocycles. The summed E-state index contributed by atoms with van der Waals surface area (Å²) in [7, 11) is 0. The Balaban J connectivity index is 3.73. The van der Waals surface area contributed by atoms with Gasteiger partial charge in [-0.05, 0) is 19.8 Å². The molecule has 0 N–H and O–H groups in total. The second-order valence-corrected chi connectivity index (χ2v) is 2.67. The molecule has 0 aromatic heterocycles. The number of rotatable bonds is 5. The predicted molar refractivity (Wildman–Crippen MR) is 47.5 cm³/mol. The molecule has 0 spiro atoms. The van der Waals surface area contributed by atoms with E-state index in [-0.39, 0.29) is 5.78 Å². The average Bonchev–Trinajstić information content (AvgIpc) is 1.97. The minimum atomic E-state index is 0.108. The molecule has 0 rings (SSSR count). The van der Waals surface area contributed by atoms with Gasteiger partial charge in [0.05, 0.1) is 0 Å². The fourth-order valence-corrected chi connectivity index (χ4v) is 0.941. The van der Waals surface area contributed by atoms with Crippen molar-refractivity contribution in [1.29, 1.82) is 0 Å². The molecule has 62 valence electrons. The topological polar surface area (TPSA) is 17.1 Å². The van der Waals surface area contributed by atoms with E-state index in [0.717, 1.165) is 18.4 Å². The van der Waals surface area contributed by atoms with Crippen molar-refractivity contribution in [1.82, 2.24) is 0 Å². The van der Waals surface area contributed by atoms with Crippen molar-refractivity contribution in [3.05, 3.63) is 17.9 Å². The molecule has 0 saturated heterocycles. The van der Waals surface area contributed by atoms with Crippen LogP contribution in [0.2, 0.25) is 0 Å². The van der Waals surface area contributed by atoms with Crippen molar-refractivity contribution >= 4 is 5.78 Å². The van der Waals surface area contributed by atoms with E-state index >= 15 is 0 Å². The van der Waals surface area contributed by atoms with Crippen LogP contribution in [0.25, 0.3) is 0 Å². The van der Waals surface area contributed by atoms with Crippen LogP contribution in [0.4, 0.5) is 0 Å². The Labute approximate surface area is 68.8 Å². The van der Waals surface area contributed by atoms with Gasteiger partial charge in [-0.15, -0.1) is 5.73 Å². The van der Waals surface area contributed by atoms with Gasteiger partial charge in [0.2, 0.25) is 0 Å². The summed E-state index contributed by atoms with van der Waals surface area (Å²) in [6.45, 7) is 7.19. The van der Waals surface area contributed by atoms with Crippen LogP contribution in [0.3, 0.4) is 0 Å². The lowest BCUT2D eigenvalue weighted by atomic mass is 10.1. The Morgan fingerprint density at radius 3 is 2.45 bits per heavy atom. The van der Waals surface area contributed by atoms with Crippen LogP contribution in [0.1, 0.15) is 39.5 Å². The van der Waals surface area contributed by atoms with Crippen molar-refractivity contribution in [3.63, 3.8) is 0 Å². The summed E-state index contributed by atoms with van der Waals surface area (Å²) in [5.74, 6) is 0.108. The van der Waals surface area contributed by atoms with Crippen LogP contribution >= 0.6 is 0 Å². The molecule has 0 saturated carbocycles. The summed E-state index contributed by atoms with van der Waals surface area (Å²) in [4.78, 5) is 10.8. The van der Waals surface area contributed by atoms with Crippen LogP contribution in [0, 0.1) is 0 Å². The quantitative estimate of drug-likeness (QED) is 0.336. The number of ketones is 1. The third-order valence-electron chi connectivity index (χ3n) is 1.67. The molecule has 0 heterocycles. The monoisotopic (exact) mass is 152 g/mol. The number of carbonyl (C=O) groups is 1. The van der Waals surface area contributed by atoms with Crippen LogP contribution < -0.4 is 0 Å². The molecule has 0 unspecified atom stereocenters. The first-order valence-electron chi connectivity index (χ1n) is 4.12. The van der Waals surface area contributed by atoms with E-state index in [1.165, 1.54) is 12.8 Å². The van der Waals surface area contributed by atoms with Gasteiger partial charge in [-0.3, -0.25) is 4.79 Å². The van der Waals surface area contributed by atoms with Gasteiger partial charge in [0.25, 0.3) is 0 Å². The summed E-state index contributed by atoms with van der Waals surface area (Å²) in [6, 6.07) is 0. The number of carbonyl (C=O) groups excluding carboxylic acids is 1. The first-order valence-corrected chi connectivity index (χ1v) is 4.12. The molecule has 0 amide bonds. The van der Waals surface area contributed by atoms with Gasteiger partial charge in [-0.25, -0.2) is 0 Å². The van der Waals surface area contributed by atoms with Gasteiger partial charge in [-0.1, -0.05) is 26.3 Å². The normalized spacial score (nSPS) is 8.91. The molecule has 1 heteroatoms. The van der Waals surface area contributed by atoms with Gasteiger partial charge in [0.15, 0.2) is 5.78 Å². The van der Waals surface area contributed by atoms with E-state index in [4.69, 9.17) is 0 Å². The molecular formula is C10H16O. The number of unbranched alkanes of at least 4 members (excludes halogenated alkanes) is 2. The molecule has 0 aromatic rings. The number of hydrogen-bond donors (Lipinski definition) is 0. The highest BCUT2D eigenvalue weighted by Gasteiger charge is 2.00. The summed E-state index contributed by atoms with van der Waals surface area (Å²) in [5.41, 5.74) is 3.43. The fourth-order valence-electron chi connectivity index (χ4n) is 0.941. The van der Waals surface area contributed by atoms with E-state index in [1.54, 1.807) is 6.92 Å². The van der Waals surface area contributed by atoms with Crippen LogP contribution in [-0.2, 0) is 4.79 Å². The third kappa shape index (κ3) is 4.58. The first-order chi connectivity index (χ1) is 5.22. The molecule has 1 nitrogen and oxygen atoms in total. The highest BCUT2D eigenvalue weighted by atomic mass is 16.1. The zero-order valence-electron chi connectivity index (χ0n) is 7.44. The van der Waals surface area contributed by atoms with Gasteiger partial charge in [0, 0.05) is 5.57 Å². The van der Waals surface area contributed by atoms with Crippen molar-refractivity contribution in [2.24, 2.45) is 0 Å². The minimum absolute atomic E-state index is 0.108. The van der Waals surface area contributed by atoms with Crippen LogP contribution in [-0.4, -0.2) is 5.78 Å². The molecular weight excluding hydrogens is 136 g/mol. The number of hydrogen-bond acceptors (Lipinski definition) is 1. The second-order valence-electron chi connectivity index (χ2n) is 2.67. The Kier molecular flexibility index (Phi) is 5.50. The summed E-state index contributed by atoms with van der Waals surface area (Å²) >= 11 is 0. The van der Waals surface area contributed by atoms with Crippen LogP contribution in [0.5, 0.6) is 0 Å². The van der Waals surface area contributed by atoms with Crippen molar-refractivity contribution in [2.75, 3.05) is 0 Å². The van der Waals surface area contributed by atoms with E-state index in [0.29, 0.717) is 0 Å². The molecule has 11 heavy (non-hydrogen) atoms. The Morgan fingerprint density at radius 2 is 2.09 bits per heavy atom. The first kappa shape index (κ1) is 10.2. The highest BCUT2D eigenvalue weighted by Crippen LogP contribution is 2.07. The highest BCUT2D eigenvalue weighted by molar-refractivity contribution is 5.92. The smallest absolute Gasteiger partial charge is 0.163 e. The molecule has 0 bridgehead atoms. The van der Waals surface area contributed by atoms with Crippen LogP contribution in [0.15, 0.2) is 17.9 Å². The molecule has 0 atom stereocenters. The van der Waals surface area contributed by atoms with E-state index in [1.807, 2.05) is 0 Å².